The minimum Gasteiger partial charge on any atom is -0.756 e. The second kappa shape index (κ2) is 57.4. The van der Waals surface area contributed by atoms with Gasteiger partial charge in [0.1, 0.15) is 19.3 Å². The van der Waals surface area contributed by atoms with Gasteiger partial charge in [0.2, 0.25) is 5.91 Å². The van der Waals surface area contributed by atoms with E-state index in [0.29, 0.717) is 23.9 Å². The molecule has 0 aromatic carbocycles. The number of quaternary nitrogens is 1. The summed E-state index contributed by atoms with van der Waals surface area (Å²) in [6.45, 7) is 6.63. The zero-order valence-corrected chi connectivity index (χ0v) is 52.2. The highest BCUT2D eigenvalue weighted by Gasteiger charge is 2.27. The number of hydrogen-bond donors (Lipinski definition) is 1. The van der Waals surface area contributed by atoms with E-state index in [2.05, 4.69) is 148 Å². The van der Waals surface area contributed by atoms with E-state index in [1.54, 1.807) is 6.08 Å². The Labute approximate surface area is 485 Å². The van der Waals surface area contributed by atoms with Gasteiger partial charge in [0, 0.05) is 12.8 Å². The topological polar surface area (TPSA) is 114 Å². The molecular formula is C69H117N2O7P. The second-order valence-electron chi connectivity index (χ2n) is 21.8. The Morgan fingerprint density at radius 1 is 0.456 bits per heavy atom. The molecule has 0 bridgehead atoms. The second-order valence-corrected chi connectivity index (χ2v) is 23.2. The minimum absolute atomic E-state index is 0.0435. The molecule has 0 aromatic rings. The fourth-order valence-electron chi connectivity index (χ4n) is 8.22. The fraction of sp³-hybridized carbons (Fsp3) is 0.652. The maximum absolute atomic E-state index is 13.5. The number of amides is 1. The van der Waals surface area contributed by atoms with Crippen molar-refractivity contribution < 1.29 is 37.3 Å². The van der Waals surface area contributed by atoms with Crippen molar-refractivity contribution in [2.45, 2.75) is 251 Å². The maximum Gasteiger partial charge on any atom is 0.306 e. The van der Waals surface area contributed by atoms with Crippen molar-refractivity contribution in [3.63, 3.8) is 0 Å². The molecule has 0 rings (SSSR count). The summed E-state index contributed by atoms with van der Waals surface area (Å²) in [4.78, 5) is 40.0. The van der Waals surface area contributed by atoms with Gasteiger partial charge in [-0.25, -0.2) is 0 Å². The molecule has 79 heavy (non-hydrogen) atoms. The van der Waals surface area contributed by atoms with Crippen molar-refractivity contribution in [1.82, 2.24) is 5.32 Å². The van der Waals surface area contributed by atoms with Crippen LogP contribution in [0.25, 0.3) is 0 Å². The Kier molecular flexibility index (Phi) is 54.6. The molecule has 0 aliphatic carbocycles. The number of ether oxygens (including phenoxy) is 1. The lowest BCUT2D eigenvalue weighted by atomic mass is 10.0. The molecule has 0 aromatic heterocycles. The minimum atomic E-state index is -4.73. The van der Waals surface area contributed by atoms with E-state index in [-0.39, 0.29) is 25.4 Å². The smallest absolute Gasteiger partial charge is 0.306 e. The number of esters is 1. The van der Waals surface area contributed by atoms with Gasteiger partial charge in [-0.3, -0.25) is 14.2 Å². The Morgan fingerprint density at radius 3 is 1.27 bits per heavy atom. The van der Waals surface area contributed by atoms with Crippen LogP contribution in [0.4, 0.5) is 0 Å². The van der Waals surface area contributed by atoms with Gasteiger partial charge >= 0.3 is 5.97 Å². The molecule has 0 saturated heterocycles. The van der Waals surface area contributed by atoms with Crippen molar-refractivity contribution in [3.8, 4) is 0 Å². The normalized spacial score (nSPS) is 14.6. The number of nitrogens with zero attached hydrogens (tertiary/aromatic N) is 1. The van der Waals surface area contributed by atoms with Gasteiger partial charge in [-0.05, 0) is 122 Å². The van der Waals surface area contributed by atoms with Crippen LogP contribution in [0.5, 0.6) is 0 Å². The van der Waals surface area contributed by atoms with Crippen molar-refractivity contribution in [3.05, 3.63) is 134 Å². The SMILES string of the molecule is CC/C=C\C/C=C\C/C=C\C/C=C\C/C=C\C/C=C\CCCCCCC(=O)NC(COP(=O)([O-])OCC[N+](C)(C)C)C(/C=C\CCCCCCCCCCCCC)OC(=O)CCC/C=C\C/C=C\C/C=C\C/C=C\CCCCC. The van der Waals surface area contributed by atoms with E-state index in [0.717, 1.165) is 109 Å². The summed E-state index contributed by atoms with van der Waals surface area (Å²) in [6.07, 6.45) is 81.4. The van der Waals surface area contributed by atoms with E-state index in [4.69, 9.17) is 13.8 Å². The van der Waals surface area contributed by atoms with E-state index in [9.17, 15) is 19.0 Å². The van der Waals surface area contributed by atoms with Crippen LogP contribution in [-0.2, 0) is 27.9 Å². The molecule has 9 nitrogen and oxygen atoms in total. The number of likely N-dealkylation sites (N-methyl/N-ethyl adjacent to an activating group) is 1. The Hall–Kier alpha value is -3.85. The summed E-state index contributed by atoms with van der Waals surface area (Å²) in [6, 6.07) is -0.934. The lowest BCUT2D eigenvalue weighted by molar-refractivity contribution is -0.870. The molecular weight excluding hydrogens is 1000 g/mol. The molecule has 0 radical (unpaired) electrons. The van der Waals surface area contributed by atoms with Crippen LogP contribution in [0.3, 0.4) is 0 Å². The number of carbonyl (C=O) groups is 2. The Morgan fingerprint density at radius 2 is 0.823 bits per heavy atom. The number of allylic oxidation sites excluding steroid dienone is 21. The monoisotopic (exact) mass is 1120 g/mol. The first-order valence-corrected chi connectivity index (χ1v) is 33.0. The Balaban J connectivity index is 5.41. The molecule has 10 heteroatoms. The van der Waals surface area contributed by atoms with Gasteiger partial charge in [0.05, 0.1) is 33.8 Å². The molecule has 0 saturated carbocycles. The average molecular weight is 1120 g/mol. The van der Waals surface area contributed by atoms with Crippen LogP contribution in [0, 0.1) is 0 Å². The number of hydrogen-bond acceptors (Lipinski definition) is 7. The summed E-state index contributed by atoms with van der Waals surface area (Å²) < 4.78 is 30.3. The van der Waals surface area contributed by atoms with Crippen molar-refractivity contribution >= 4 is 19.7 Å². The quantitative estimate of drug-likeness (QED) is 0.0212. The van der Waals surface area contributed by atoms with Crippen molar-refractivity contribution in [2.24, 2.45) is 0 Å². The van der Waals surface area contributed by atoms with Crippen molar-refractivity contribution in [1.29, 1.82) is 0 Å². The predicted molar refractivity (Wildman–Crippen MR) is 339 cm³/mol. The van der Waals surface area contributed by atoms with Crippen LogP contribution in [-0.4, -0.2) is 69.4 Å². The number of nitrogens with one attached hydrogen (secondary N) is 1. The highest BCUT2D eigenvalue weighted by Crippen LogP contribution is 2.38. The lowest BCUT2D eigenvalue weighted by Crippen LogP contribution is -2.47. The fourth-order valence-corrected chi connectivity index (χ4v) is 8.94. The van der Waals surface area contributed by atoms with E-state index in [1.165, 1.54) is 83.5 Å². The summed E-state index contributed by atoms with van der Waals surface area (Å²) in [5.74, 6) is -0.645. The molecule has 1 N–H and O–H groups in total. The third kappa shape index (κ3) is 58.6. The van der Waals surface area contributed by atoms with E-state index < -0.39 is 32.5 Å². The van der Waals surface area contributed by atoms with Gasteiger partial charge in [-0.2, -0.15) is 0 Å². The maximum atomic E-state index is 13.5. The first kappa shape index (κ1) is 75.2. The van der Waals surface area contributed by atoms with Crippen LogP contribution in [0.15, 0.2) is 134 Å². The molecule has 1 amide bonds. The molecule has 0 spiro atoms. The van der Waals surface area contributed by atoms with Gasteiger partial charge in [-0.1, -0.05) is 238 Å². The van der Waals surface area contributed by atoms with Crippen LogP contribution >= 0.6 is 7.82 Å². The predicted octanol–water partition coefficient (Wildman–Crippen LogP) is 19.0. The molecule has 450 valence electrons. The van der Waals surface area contributed by atoms with Crippen LogP contribution in [0.1, 0.15) is 239 Å². The molecule has 3 atom stereocenters. The van der Waals surface area contributed by atoms with E-state index in [1.807, 2.05) is 27.2 Å². The zero-order chi connectivity index (χ0) is 57.9. The van der Waals surface area contributed by atoms with Crippen molar-refractivity contribution in [2.75, 3.05) is 40.9 Å². The van der Waals surface area contributed by atoms with Gasteiger partial charge in [-0.15, -0.1) is 0 Å². The first-order chi connectivity index (χ1) is 38.4. The standard InChI is InChI=1S/C69H117N2O7P/c1-7-10-13-16-19-22-25-28-30-32-33-34-35-36-37-39-40-43-46-49-52-55-58-61-68(72)70-66(65-77-79(74,75)76-64-63-71(4,5)6)67(60-57-54-51-48-45-42-27-24-21-18-15-12-9-3)78-69(73)62-59-56-53-50-47-44-41-38-31-29-26-23-20-17-14-11-8-2/h10,13,19-20,22-23,28-31,33-34,36-37,40-41,43-44,50,53,57,60,66-67H,7-9,11-12,14-18,21,24-27,32,35,38-39,42,45-49,51-52,54-56,58-59,61-65H2,1-6H3,(H-,70,72,74,75)/b13-10-,22-19-,23-20-,30-28-,31-29-,34-33-,37-36-,43-40-,44-41-,53-50-,60-57-. The number of carbonyl (C=O) groups excluding carboxylic acids is 2. The first-order valence-electron chi connectivity index (χ1n) is 31.5. The number of rotatable bonds is 55. The Bertz CT molecular complexity index is 1810. The molecule has 0 heterocycles. The molecule has 0 aliphatic heterocycles. The largest absolute Gasteiger partial charge is 0.756 e. The highest BCUT2D eigenvalue weighted by atomic mass is 31.2. The lowest BCUT2D eigenvalue weighted by Gasteiger charge is -2.30. The summed E-state index contributed by atoms with van der Waals surface area (Å²) in [5, 5.41) is 3.00. The van der Waals surface area contributed by atoms with Gasteiger partial charge < -0.3 is 28.5 Å². The zero-order valence-electron chi connectivity index (χ0n) is 51.3. The molecule has 0 aliphatic rings. The third-order valence-corrected chi connectivity index (χ3v) is 14.0. The summed E-state index contributed by atoms with van der Waals surface area (Å²) >= 11 is 0. The molecule has 0 fully saturated rings. The van der Waals surface area contributed by atoms with E-state index >= 15 is 0 Å². The summed E-state index contributed by atoms with van der Waals surface area (Å²) in [7, 11) is 1.12. The third-order valence-electron chi connectivity index (χ3n) is 13.1. The van der Waals surface area contributed by atoms with Crippen LogP contribution in [0.2, 0.25) is 0 Å². The number of phosphoric acid groups is 1. The van der Waals surface area contributed by atoms with Gasteiger partial charge in [0.25, 0.3) is 7.82 Å². The number of unbranched alkanes of at least 4 members (excludes halogenated alkanes) is 19. The van der Waals surface area contributed by atoms with Crippen LogP contribution < -0.4 is 10.2 Å². The highest BCUT2D eigenvalue weighted by molar-refractivity contribution is 7.45. The summed E-state index contributed by atoms with van der Waals surface area (Å²) in [5.41, 5.74) is 0. The van der Waals surface area contributed by atoms with Gasteiger partial charge in [0.15, 0.2) is 0 Å². The molecule has 3 unspecified atom stereocenters. The average Bonchev–Trinajstić information content (AvgIpc) is 3.41. The number of phosphoric ester groups is 1.